The molecule has 4 heterocycles. The van der Waals surface area contributed by atoms with Gasteiger partial charge in [0.05, 0.1) is 23.1 Å². The zero-order valence-electron chi connectivity index (χ0n) is 18.9. The van der Waals surface area contributed by atoms with Crippen molar-refractivity contribution >= 4 is 35.8 Å². The second kappa shape index (κ2) is 9.94. The van der Waals surface area contributed by atoms with Crippen LogP contribution >= 0.6 is 0 Å². The van der Waals surface area contributed by atoms with Gasteiger partial charge in [-0.15, -0.1) is 0 Å². The number of nitrogens with one attached hydrogen (secondary N) is 1. The summed E-state index contributed by atoms with van der Waals surface area (Å²) in [6.45, 7) is 3.45. The van der Waals surface area contributed by atoms with E-state index in [-0.39, 0.29) is 11.6 Å². The zero-order valence-corrected chi connectivity index (χ0v) is 18.9. The third kappa shape index (κ3) is 4.73. The Labute approximate surface area is 198 Å². The maximum absolute atomic E-state index is 13.1. The van der Waals surface area contributed by atoms with Gasteiger partial charge >= 0.3 is 7.62 Å². The highest BCUT2D eigenvalue weighted by Gasteiger charge is 2.21. The fourth-order valence-corrected chi connectivity index (χ4v) is 4.06. The summed E-state index contributed by atoms with van der Waals surface area (Å²) in [5.74, 6) is 0.135. The van der Waals surface area contributed by atoms with E-state index in [1.54, 1.807) is 38.0 Å². The number of piperazine rings is 1. The third-order valence-electron chi connectivity index (χ3n) is 5.81. The molecule has 0 aliphatic carbocycles. The smallest absolute Gasteiger partial charge is 0.363 e. The number of anilines is 2. The minimum Gasteiger partial charge on any atom is -0.427 e. The fraction of sp³-hybridized carbons (Fsp3) is 0.208. The Hall–Kier alpha value is -3.89. The predicted molar refractivity (Wildman–Crippen MR) is 133 cm³/mol. The van der Waals surface area contributed by atoms with Crippen LogP contribution in [-0.4, -0.2) is 71.6 Å². The molecule has 0 radical (unpaired) electrons. The highest BCUT2D eigenvalue weighted by molar-refractivity contribution is 6.23. The molecule has 1 saturated heterocycles. The molecule has 4 aromatic rings. The lowest BCUT2D eigenvalue weighted by molar-refractivity contribution is 0.102. The number of fused-ring (bicyclic) bond motifs is 1. The summed E-state index contributed by atoms with van der Waals surface area (Å²) in [5, 5.41) is 3.97. The first-order valence-electron chi connectivity index (χ1n) is 11.1. The van der Waals surface area contributed by atoms with Gasteiger partial charge in [0, 0.05) is 62.8 Å². The van der Waals surface area contributed by atoms with Gasteiger partial charge in [-0.2, -0.15) is 0 Å². The highest BCUT2D eigenvalue weighted by Crippen LogP contribution is 2.26. The van der Waals surface area contributed by atoms with Crippen LogP contribution in [0, 0.1) is 0 Å². The Balaban J connectivity index is 1.34. The van der Waals surface area contributed by atoms with Crippen molar-refractivity contribution in [3.63, 3.8) is 0 Å². The average Bonchev–Trinajstić information content (AvgIpc) is 2.89. The number of pyridine rings is 2. The Bertz CT molecular complexity index is 1310. The summed E-state index contributed by atoms with van der Waals surface area (Å²) in [6.07, 6.45) is 6.72. The monoisotopic (exact) mass is 453 g/mol. The van der Waals surface area contributed by atoms with E-state index in [0.29, 0.717) is 19.1 Å². The van der Waals surface area contributed by atoms with Gasteiger partial charge in [-0.3, -0.25) is 14.8 Å². The first kappa shape index (κ1) is 21.9. The van der Waals surface area contributed by atoms with Crippen molar-refractivity contribution in [2.24, 2.45) is 0 Å². The number of para-hydroxylation sites is 1. The van der Waals surface area contributed by atoms with E-state index in [9.17, 15) is 4.79 Å². The first-order chi connectivity index (χ1) is 16.7. The third-order valence-corrected chi connectivity index (χ3v) is 5.81. The zero-order chi connectivity index (χ0) is 23.3. The summed E-state index contributed by atoms with van der Waals surface area (Å²) in [5.41, 5.74) is 3.52. The molecule has 34 heavy (non-hydrogen) atoms. The van der Waals surface area contributed by atoms with Crippen molar-refractivity contribution in [3.8, 4) is 11.4 Å². The Morgan fingerprint density at radius 2 is 1.88 bits per heavy atom. The van der Waals surface area contributed by atoms with E-state index >= 15 is 0 Å². The normalized spacial score (nSPS) is 14.2. The number of amides is 1. The molecule has 0 saturated carbocycles. The SMILES string of the molecule is COBN1CCN(c2ccncc2NC(=O)c2ccnc(-c3cnc4ccccc4c3)n2)CC1. The van der Waals surface area contributed by atoms with Gasteiger partial charge in [0.15, 0.2) is 5.82 Å². The van der Waals surface area contributed by atoms with Crippen LogP contribution in [0.4, 0.5) is 11.4 Å². The number of hydrogen-bond acceptors (Lipinski definition) is 8. The lowest BCUT2D eigenvalue weighted by Crippen LogP contribution is -2.48. The minimum atomic E-state index is -0.315. The van der Waals surface area contributed by atoms with E-state index in [0.717, 1.165) is 48.3 Å². The highest BCUT2D eigenvalue weighted by atomic mass is 16.4. The molecule has 1 fully saturated rings. The molecule has 1 amide bonds. The number of nitrogens with zero attached hydrogens (tertiary/aromatic N) is 6. The largest absolute Gasteiger partial charge is 0.427 e. The van der Waals surface area contributed by atoms with E-state index < -0.39 is 0 Å². The van der Waals surface area contributed by atoms with Gasteiger partial charge in [-0.25, -0.2) is 9.97 Å². The summed E-state index contributed by atoms with van der Waals surface area (Å²) >= 11 is 0. The summed E-state index contributed by atoms with van der Waals surface area (Å²) in [4.78, 5) is 35.1. The predicted octanol–water partition coefficient (Wildman–Crippen LogP) is 2.37. The van der Waals surface area contributed by atoms with E-state index in [1.165, 1.54) is 0 Å². The molecular formula is C24H24BN7O2. The maximum Gasteiger partial charge on any atom is 0.363 e. The number of carbonyl (C=O) groups excluding carboxylic acids is 1. The summed E-state index contributed by atoms with van der Waals surface area (Å²) in [7, 11) is 2.33. The van der Waals surface area contributed by atoms with E-state index in [1.807, 2.05) is 36.4 Å². The van der Waals surface area contributed by atoms with Crippen LogP contribution in [0.15, 0.2) is 67.3 Å². The fourth-order valence-electron chi connectivity index (χ4n) is 4.06. The van der Waals surface area contributed by atoms with Gasteiger partial charge in [-0.05, 0) is 24.3 Å². The van der Waals surface area contributed by atoms with Crippen molar-refractivity contribution in [1.82, 2.24) is 24.7 Å². The first-order valence-corrected chi connectivity index (χ1v) is 11.1. The molecule has 3 aromatic heterocycles. The molecule has 1 N–H and O–H groups in total. The molecule has 5 rings (SSSR count). The lowest BCUT2D eigenvalue weighted by atomic mass is 10.1. The van der Waals surface area contributed by atoms with Crippen LogP contribution in [0.5, 0.6) is 0 Å². The van der Waals surface area contributed by atoms with Gasteiger partial charge < -0.3 is 19.7 Å². The Kier molecular flexibility index (Phi) is 6.41. The second-order valence-corrected chi connectivity index (χ2v) is 8.05. The van der Waals surface area contributed by atoms with Crippen LogP contribution in [-0.2, 0) is 4.65 Å². The summed E-state index contributed by atoms with van der Waals surface area (Å²) in [6, 6.07) is 13.3. The quantitative estimate of drug-likeness (QED) is 0.445. The van der Waals surface area contributed by atoms with Crippen molar-refractivity contribution < 1.29 is 9.45 Å². The maximum atomic E-state index is 13.1. The van der Waals surface area contributed by atoms with Crippen LogP contribution in [0.1, 0.15) is 10.5 Å². The van der Waals surface area contributed by atoms with Crippen LogP contribution in [0.25, 0.3) is 22.3 Å². The van der Waals surface area contributed by atoms with Crippen molar-refractivity contribution in [1.29, 1.82) is 0 Å². The van der Waals surface area contributed by atoms with Crippen molar-refractivity contribution in [3.05, 3.63) is 72.9 Å². The molecule has 1 aliphatic heterocycles. The van der Waals surface area contributed by atoms with Gasteiger partial charge in [0.2, 0.25) is 0 Å². The van der Waals surface area contributed by atoms with Gasteiger partial charge in [0.1, 0.15) is 5.69 Å². The molecule has 1 aromatic carbocycles. The number of aromatic nitrogens is 4. The van der Waals surface area contributed by atoms with E-state index in [4.69, 9.17) is 4.65 Å². The summed E-state index contributed by atoms with van der Waals surface area (Å²) < 4.78 is 5.23. The van der Waals surface area contributed by atoms with Crippen LogP contribution in [0.2, 0.25) is 0 Å². The van der Waals surface area contributed by atoms with E-state index in [2.05, 4.69) is 35.0 Å². The Morgan fingerprint density at radius 1 is 1.03 bits per heavy atom. The number of hydrogen-bond donors (Lipinski definition) is 1. The van der Waals surface area contributed by atoms with Gasteiger partial charge in [0.25, 0.3) is 5.91 Å². The molecule has 9 nitrogen and oxygen atoms in total. The molecule has 0 atom stereocenters. The average molecular weight is 453 g/mol. The number of rotatable bonds is 6. The molecule has 170 valence electrons. The van der Waals surface area contributed by atoms with Gasteiger partial charge in [-0.1, -0.05) is 18.2 Å². The van der Waals surface area contributed by atoms with Crippen LogP contribution < -0.4 is 10.2 Å². The molecule has 0 unspecified atom stereocenters. The molecular weight excluding hydrogens is 429 g/mol. The molecule has 0 bridgehead atoms. The standard InChI is InChI=1S/C24H24BN7O2/c1-34-25-32-12-10-31(11-13-32)22-7-8-26-16-21(22)30-24(33)20-6-9-27-23(29-20)18-14-17-4-2-3-5-19(17)28-15-18/h2-9,14-16,25H,10-13H2,1H3,(H,30,33). The molecule has 1 aliphatic rings. The van der Waals surface area contributed by atoms with Crippen LogP contribution in [0.3, 0.4) is 0 Å². The minimum absolute atomic E-state index is 0.276. The van der Waals surface area contributed by atoms with Crippen molar-refractivity contribution in [2.45, 2.75) is 0 Å². The molecule has 0 spiro atoms. The number of benzene rings is 1. The lowest BCUT2D eigenvalue weighted by Gasteiger charge is -2.36. The topological polar surface area (TPSA) is 96.4 Å². The number of carbonyl (C=O) groups is 1. The Morgan fingerprint density at radius 3 is 2.74 bits per heavy atom. The second-order valence-electron chi connectivity index (χ2n) is 8.05. The molecule has 10 heteroatoms. The van der Waals surface area contributed by atoms with Crippen molar-refractivity contribution in [2.75, 3.05) is 43.5 Å².